The molecule has 2 bridgehead atoms. The SMILES string of the molecule is CC1(C)C(=O)N(OCCCCCCBr)C2C=CC1O2. The van der Waals surface area contributed by atoms with Gasteiger partial charge in [0.05, 0.1) is 18.1 Å². The van der Waals surface area contributed by atoms with Gasteiger partial charge in [-0.2, -0.15) is 5.06 Å². The van der Waals surface area contributed by atoms with E-state index < -0.39 is 5.41 Å². The Morgan fingerprint density at radius 1 is 1.32 bits per heavy atom. The molecule has 2 aliphatic rings. The van der Waals surface area contributed by atoms with Crippen LogP contribution in [-0.4, -0.2) is 35.2 Å². The van der Waals surface area contributed by atoms with Crippen molar-refractivity contribution in [2.24, 2.45) is 5.41 Å². The molecule has 0 saturated carbocycles. The van der Waals surface area contributed by atoms with Gasteiger partial charge in [0.2, 0.25) is 0 Å². The van der Waals surface area contributed by atoms with Crippen molar-refractivity contribution in [3.05, 3.63) is 12.2 Å². The van der Waals surface area contributed by atoms with Crippen LogP contribution < -0.4 is 0 Å². The van der Waals surface area contributed by atoms with Gasteiger partial charge in [-0.1, -0.05) is 34.8 Å². The smallest absolute Gasteiger partial charge is 0.257 e. The lowest BCUT2D eigenvalue weighted by atomic mass is 9.85. The molecule has 2 aliphatic heterocycles. The fraction of sp³-hybridized carbons (Fsp3) is 0.786. The molecule has 2 rings (SSSR count). The Balaban J connectivity index is 1.79. The second kappa shape index (κ2) is 6.37. The van der Waals surface area contributed by atoms with Crippen LogP contribution in [0.5, 0.6) is 0 Å². The summed E-state index contributed by atoms with van der Waals surface area (Å²) >= 11 is 3.42. The number of carbonyl (C=O) groups excluding carboxylic acids is 1. The van der Waals surface area contributed by atoms with E-state index in [9.17, 15) is 4.79 Å². The summed E-state index contributed by atoms with van der Waals surface area (Å²) in [6, 6.07) is 0. The molecule has 19 heavy (non-hydrogen) atoms. The van der Waals surface area contributed by atoms with Gasteiger partial charge in [0, 0.05) is 5.33 Å². The van der Waals surface area contributed by atoms with Gasteiger partial charge >= 0.3 is 0 Å². The summed E-state index contributed by atoms with van der Waals surface area (Å²) in [6.07, 6.45) is 7.88. The van der Waals surface area contributed by atoms with E-state index >= 15 is 0 Å². The summed E-state index contributed by atoms with van der Waals surface area (Å²) in [5.41, 5.74) is -0.542. The maximum atomic E-state index is 12.3. The van der Waals surface area contributed by atoms with Crippen molar-refractivity contribution in [2.45, 2.75) is 51.9 Å². The number of hydrogen-bond acceptors (Lipinski definition) is 3. The van der Waals surface area contributed by atoms with Crippen LogP contribution in [0.15, 0.2) is 12.2 Å². The highest BCUT2D eigenvalue weighted by atomic mass is 79.9. The number of fused-ring (bicyclic) bond motifs is 2. The van der Waals surface area contributed by atoms with Crippen molar-refractivity contribution in [1.29, 1.82) is 0 Å². The van der Waals surface area contributed by atoms with Crippen molar-refractivity contribution in [3.63, 3.8) is 0 Å². The molecule has 0 aromatic heterocycles. The molecule has 1 fully saturated rings. The number of ether oxygens (including phenoxy) is 1. The molecular formula is C14H22BrNO3. The number of hydroxylamine groups is 2. The minimum atomic E-state index is -0.542. The lowest BCUT2D eigenvalue weighted by Gasteiger charge is -2.41. The van der Waals surface area contributed by atoms with Crippen LogP contribution in [0.4, 0.5) is 0 Å². The third-order valence-electron chi connectivity index (χ3n) is 3.69. The molecule has 0 aromatic carbocycles. The summed E-state index contributed by atoms with van der Waals surface area (Å²) < 4.78 is 5.75. The molecule has 0 radical (unpaired) electrons. The van der Waals surface area contributed by atoms with Crippen LogP contribution in [0.2, 0.25) is 0 Å². The van der Waals surface area contributed by atoms with Crippen molar-refractivity contribution >= 4 is 21.8 Å². The van der Waals surface area contributed by atoms with E-state index in [1.165, 1.54) is 17.9 Å². The molecule has 108 valence electrons. The monoisotopic (exact) mass is 331 g/mol. The third-order valence-corrected chi connectivity index (χ3v) is 4.25. The highest BCUT2D eigenvalue weighted by molar-refractivity contribution is 9.09. The van der Waals surface area contributed by atoms with Gasteiger partial charge in [-0.25, -0.2) is 0 Å². The van der Waals surface area contributed by atoms with Gasteiger partial charge in [-0.3, -0.25) is 9.63 Å². The lowest BCUT2D eigenvalue weighted by Crippen LogP contribution is -2.55. The Kier molecular flexibility index (Phi) is 5.03. The Morgan fingerprint density at radius 3 is 2.79 bits per heavy atom. The number of nitrogens with zero attached hydrogens (tertiary/aromatic N) is 1. The van der Waals surface area contributed by atoms with Crippen LogP contribution in [0.25, 0.3) is 0 Å². The highest BCUT2D eigenvalue weighted by Gasteiger charge is 2.50. The molecule has 2 unspecified atom stereocenters. The minimum absolute atomic E-state index is 0.0132. The van der Waals surface area contributed by atoms with E-state index in [1.54, 1.807) is 0 Å². The predicted octanol–water partition coefficient (Wildman–Crippen LogP) is 3.02. The van der Waals surface area contributed by atoms with Crippen molar-refractivity contribution in [1.82, 2.24) is 5.06 Å². The topological polar surface area (TPSA) is 38.8 Å². The molecule has 2 heterocycles. The van der Waals surface area contributed by atoms with Gasteiger partial charge in [0.1, 0.15) is 0 Å². The van der Waals surface area contributed by atoms with Crippen molar-refractivity contribution < 1.29 is 14.4 Å². The molecule has 0 aliphatic carbocycles. The second-order valence-electron chi connectivity index (χ2n) is 5.62. The molecule has 5 heteroatoms. The van der Waals surface area contributed by atoms with Gasteiger partial charge in [0.25, 0.3) is 5.91 Å². The Morgan fingerprint density at radius 2 is 2.05 bits per heavy atom. The Bertz CT molecular complexity index is 357. The highest BCUT2D eigenvalue weighted by Crippen LogP contribution is 2.38. The van der Waals surface area contributed by atoms with E-state index in [0.29, 0.717) is 6.61 Å². The fourth-order valence-corrected chi connectivity index (χ4v) is 2.74. The number of alkyl halides is 1. The maximum Gasteiger partial charge on any atom is 0.257 e. The molecule has 0 aromatic rings. The largest absolute Gasteiger partial charge is 0.344 e. The quantitative estimate of drug-likeness (QED) is 0.409. The van der Waals surface area contributed by atoms with Gasteiger partial charge in [-0.05, 0) is 32.8 Å². The first-order valence-corrected chi connectivity index (χ1v) is 8.06. The number of unbranched alkanes of at least 4 members (excludes halogenated alkanes) is 3. The second-order valence-corrected chi connectivity index (χ2v) is 6.41. The van der Waals surface area contributed by atoms with Crippen LogP contribution in [0, 0.1) is 5.41 Å². The van der Waals surface area contributed by atoms with Gasteiger partial charge in [-0.15, -0.1) is 0 Å². The van der Waals surface area contributed by atoms with Crippen LogP contribution in [0.1, 0.15) is 39.5 Å². The van der Waals surface area contributed by atoms with Crippen molar-refractivity contribution in [3.8, 4) is 0 Å². The van der Waals surface area contributed by atoms with Gasteiger partial charge < -0.3 is 4.74 Å². The first kappa shape index (κ1) is 15.0. The zero-order valence-corrected chi connectivity index (χ0v) is 13.2. The van der Waals surface area contributed by atoms with E-state index in [2.05, 4.69) is 15.9 Å². The summed E-state index contributed by atoms with van der Waals surface area (Å²) in [5, 5.41) is 2.46. The normalized spacial score (nSPS) is 28.2. The standard InChI is InChI=1S/C14H22BrNO3/c1-14(2)11-7-8-12(19-11)16(13(14)17)18-10-6-4-3-5-9-15/h7-8,11-12H,3-6,9-10H2,1-2H3. The average molecular weight is 332 g/mol. The summed E-state index contributed by atoms with van der Waals surface area (Å²) in [7, 11) is 0. The summed E-state index contributed by atoms with van der Waals surface area (Å²) in [4.78, 5) is 18.0. The summed E-state index contributed by atoms with van der Waals surface area (Å²) in [6.45, 7) is 4.37. The van der Waals surface area contributed by atoms with Crippen LogP contribution in [0.3, 0.4) is 0 Å². The molecule has 2 atom stereocenters. The molecule has 0 N–H and O–H groups in total. The number of rotatable bonds is 7. The maximum absolute atomic E-state index is 12.3. The molecule has 0 spiro atoms. The lowest BCUT2D eigenvalue weighted by molar-refractivity contribution is -0.269. The molecule has 4 nitrogen and oxygen atoms in total. The number of hydrogen-bond donors (Lipinski definition) is 0. The summed E-state index contributed by atoms with van der Waals surface area (Å²) in [5.74, 6) is 0.0132. The fourth-order valence-electron chi connectivity index (χ4n) is 2.35. The number of carbonyl (C=O) groups is 1. The van der Waals surface area contributed by atoms with Gasteiger partial charge in [0.15, 0.2) is 6.23 Å². The minimum Gasteiger partial charge on any atom is -0.344 e. The van der Waals surface area contributed by atoms with E-state index in [1.807, 2.05) is 26.0 Å². The zero-order valence-electron chi connectivity index (χ0n) is 11.6. The van der Waals surface area contributed by atoms with Crippen molar-refractivity contribution in [2.75, 3.05) is 11.9 Å². The average Bonchev–Trinajstić information content (AvgIpc) is 2.84. The van der Waals surface area contributed by atoms with E-state index in [0.717, 1.165) is 18.2 Å². The van der Waals surface area contributed by atoms with Crippen LogP contribution in [-0.2, 0) is 14.4 Å². The van der Waals surface area contributed by atoms with E-state index in [-0.39, 0.29) is 18.2 Å². The van der Waals surface area contributed by atoms with Crippen LogP contribution >= 0.6 is 15.9 Å². The predicted molar refractivity (Wildman–Crippen MR) is 76.6 cm³/mol. The third kappa shape index (κ3) is 3.20. The van der Waals surface area contributed by atoms with E-state index in [4.69, 9.17) is 9.57 Å². The number of amides is 1. The molecule has 1 saturated heterocycles. The Labute approximate surface area is 123 Å². The Hall–Kier alpha value is -0.390. The first-order valence-electron chi connectivity index (χ1n) is 6.93. The molecular weight excluding hydrogens is 310 g/mol. The zero-order chi connectivity index (χ0) is 13.9. The number of halogens is 1. The first-order chi connectivity index (χ1) is 9.07. The molecule has 1 amide bonds.